The molecule has 1 N–H and O–H groups in total. The minimum Gasteiger partial charge on any atom is -0.353 e. The molecule has 2 rings (SSSR count). The lowest BCUT2D eigenvalue weighted by Gasteiger charge is -2.22. The van der Waals surface area contributed by atoms with Gasteiger partial charge >= 0.3 is 0 Å². The molecule has 0 aliphatic heterocycles. The van der Waals surface area contributed by atoms with Gasteiger partial charge in [0.2, 0.25) is 5.95 Å². The van der Waals surface area contributed by atoms with Crippen LogP contribution in [0.5, 0.6) is 0 Å². The van der Waals surface area contributed by atoms with Gasteiger partial charge < -0.3 is 9.88 Å². The van der Waals surface area contributed by atoms with Crippen LogP contribution in [0, 0.1) is 11.8 Å². The molecule has 1 aliphatic carbocycles. The van der Waals surface area contributed by atoms with Crippen molar-refractivity contribution < 1.29 is 0 Å². The number of rotatable bonds is 3. The van der Waals surface area contributed by atoms with Crippen LogP contribution in [0.4, 0.5) is 5.95 Å². The van der Waals surface area contributed by atoms with Crippen molar-refractivity contribution in [3.63, 3.8) is 0 Å². The Labute approximate surface area is 98.3 Å². The number of imidazole rings is 1. The van der Waals surface area contributed by atoms with E-state index < -0.39 is 0 Å². The molecule has 1 fully saturated rings. The Kier molecular flexibility index (Phi) is 3.22. The van der Waals surface area contributed by atoms with Gasteiger partial charge in [0.05, 0.1) is 0 Å². The van der Waals surface area contributed by atoms with Gasteiger partial charge in [-0.05, 0) is 38.5 Å². The summed E-state index contributed by atoms with van der Waals surface area (Å²) in [7, 11) is 0. The Bertz CT molecular complexity index is 343. The fourth-order valence-corrected chi connectivity index (χ4v) is 2.68. The van der Waals surface area contributed by atoms with Crippen LogP contribution >= 0.6 is 0 Å². The number of nitrogens with one attached hydrogen (secondary N) is 1. The van der Waals surface area contributed by atoms with E-state index in [0.29, 0.717) is 12.1 Å². The molecule has 3 nitrogen and oxygen atoms in total. The van der Waals surface area contributed by atoms with Crippen molar-refractivity contribution in [2.75, 3.05) is 5.32 Å². The van der Waals surface area contributed by atoms with E-state index in [1.165, 1.54) is 12.8 Å². The molecule has 3 atom stereocenters. The molecular weight excluding hydrogens is 198 g/mol. The molecule has 1 aromatic rings. The highest BCUT2D eigenvalue weighted by Crippen LogP contribution is 2.40. The monoisotopic (exact) mass is 221 g/mol. The molecule has 0 radical (unpaired) electrons. The second-order valence-electron chi connectivity index (χ2n) is 5.44. The van der Waals surface area contributed by atoms with Crippen LogP contribution in [-0.2, 0) is 0 Å². The summed E-state index contributed by atoms with van der Waals surface area (Å²) < 4.78 is 2.33. The van der Waals surface area contributed by atoms with Gasteiger partial charge in [-0.3, -0.25) is 0 Å². The summed E-state index contributed by atoms with van der Waals surface area (Å²) in [5.74, 6) is 2.61. The molecule has 1 heterocycles. The van der Waals surface area contributed by atoms with Gasteiger partial charge in [-0.1, -0.05) is 13.8 Å². The fourth-order valence-electron chi connectivity index (χ4n) is 2.68. The molecular formula is C13H23N3. The number of hydrogen-bond acceptors (Lipinski definition) is 2. The van der Waals surface area contributed by atoms with E-state index in [4.69, 9.17) is 0 Å². The number of nitrogens with zero attached hydrogens (tertiary/aromatic N) is 2. The summed E-state index contributed by atoms with van der Waals surface area (Å²) >= 11 is 0. The van der Waals surface area contributed by atoms with Crippen LogP contribution in [0.15, 0.2) is 12.4 Å². The fraction of sp³-hybridized carbons (Fsp3) is 0.769. The van der Waals surface area contributed by atoms with Crippen LogP contribution in [0.25, 0.3) is 0 Å². The summed E-state index contributed by atoms with van der Waals surface area (Å²) in [5.41, 5.74) is 0. The summed E-state index contributed by atoms with van der Waals surface area (Å²) in [6.45, 7) is 9.03. The standard InChI is InChI=1S/C13H23N3/c1-9(2)15-13-14-7-8-16(13)12-6-5-10(3)11(12)4/h7-12H,5-6H2,1-4H3,(H,14,15). The minimum atomic E-state index is 0.440. The van der Waals surface area contributed by atoms with Crippen molar-refractivity contribution in [2.24, 2.45) is 11.8 Å². The Morgan fingerprint density at radius 2 is 2.12 bits per heavy atom. The first-order chi connectivity index (χ1) is 7.59. The molecule has 90 valence electrons. The summed E-state index contributed by atoms with van der Waals surface area (Å²) in [6.07, 6.45) is 6.64. The lowest BCUT2D eigenvalue weighted by molar-refractivity contribution is 0.355. The van der Waals surface area contributed by atoms with Crippen LogP contribution in [-0.4, -0.2) is 15.6 Å². The van der Waals surface area contributed by atoms with E-state index in [1.54, 1.807) is 0 Å². The normalized spacial score (nSPS) is 29.9. The average Bonchev–Trinajstić information content (AvgIpc) is 2.76. The molecule has 0 spiro atoms. The van der Waals surface area contributed by atoms with Crippen molar-refractivity contribution in [3.8, 4) is 0 Å². The third kappa shape index (κ3) is 2.08. The van der Waals surface area contributed by atoms with E-state index in [1.807, 2.05) is 6.20 Å². The van der Waals surface area contributed by atoms with E-state index in [2.05, 4.69) is 48.8 Å². The molecule has 0 bridgehead atoms. The lowest BCUT2D eigenvalue weighted by atomic mass is 9.98. The van der Waals surface area contributed by atoms with Gasteiger partial charge in [-0.15, -0.1) is 0 Å². The molecule has 1 aliphatic rings. The molecule has 1 saturated carbocycles. The highest BCUT2D eigenvalue weighted by molar-refractivity contribution is 5.28. The highest BCUT2D eigenvalue weighted by Gasteiger charge is 2.31. The smallest absolute Gasteiger partial charge is 0.203 e. The first-order valence-electron chi connectivity index (χ1n) is 6.39. The van der Waals surface area contributed by atoms with Crippen molar-refractivity contribution in [1.82, 2.24) is 9.55 Å². The predicted octanol–water partition coefficient (Wildman–Crippen LogP) is 3.31. The zero-order valence-corrected chi connectivity index (χ0v) is 10.8. The van der Waals surface area contributed by atoms with Crippen LogP contribution in [0.1, 0.15) is 46.6 Å². The Morgan fingerprint density at radius 1 is 1.38 bits per heavy atom. The maximum absolute atomic E-state index is 4.41. The van der Waals surface area contributed by atoms with Crippen LogP contribution < -0.4 is 5.32 Å². The van der Waals surface area contributed by atoms with E-state index >= 15 is 0 Å². The maximum atomic E-state index is 4.41. The second kappa shape index (κ2) is 4.48. The van der Waals surface area contributed by atoms with Crippen LogP contribution in [0.3, 0.4) is 0 Å². The zero-order chi connectivity index (χ0) is 11.7. The third-order valence-electron chi connectivity index (χ3n) is 3.87. The van der Waals surface area contributed by atoms with Crippen molar-refractivity contribution in [2.45, 2.75) is 52.6 Å². The molecule has 0 amide bonds. The highest BCUT2D eigenvalue weighted by atomic mass is 15.2. The van der Waals surface area contributed by atoms with Gasteiger partial charge in [0.1, 0.15) is 0 Å². The molecule has 3 heteroatoms. The molecule has 1 aromatic heterocycles. The molecule has 16 heavy (non-hydrogen) atoms. The average molecular weight is 221 g/mol. The zero-order valence-electron chi connectivity index (χ0n) is 10.8. The third-order valence-corrected chi connectivity index (χ3v) is 3.87. The number of hydrogen-bond donors (Lipinski definition) is 1. The molecule has 3 unspecified atom stereocenters. The summed E-state index contributed by atoms with van der Waals surface area (Å²) in [5, 5.41) is 3.42. The van der Waals surface area contributed by atoms with Crippen LogP contribution in [0.2, 0.25) is 0 Å². The topological polar surface area (TPSA) is 29.9 Å². The minimum absolute atomic E-state index is 0.440. The number of anilines is 1. The first kappa shape index (κ1) is 11.5. The second-order valence-corrected chi connectivity index (χ2v) is 5.44. The van der Waals surface area contributed by atoms with Crippen molar-refractivity contribution >= 4 is 5.95 Å². The van der Waals surface area contributed by atoms with Gasteiger partial charge in [-0.2, -0.15) is 0 Å². The van der Waals surface area contributed by atoms with Crippen molar-refractivity contribution in [1.29, 1.82) is 0 Å². The number of aromatic nitrogens is 2. The van der Waals surface area contributed by atoms with E-state index in [0.717, 1.165) is 17.8 Å². The Hall–Kier alpha value is -0.990. The van der Waals surface area contributed by atoms with Gasteiger partial charge in [0.15, 0.2) is 0 Å². The summed E-state index contributed by atoms with van der Waals surface area (Å²) in [4.78, 5) is 4.41. The lowest BCUT2D eigenvalue weighted by Crippen LogP contribution is -2.19. The molecule has 0 saturated heterocycles. The molecule has 0 aromatic carbocycles. The van der Waals surface area contributed by atoms with E-state index in [-0.39, 0.29) is 0 Å². The SMILES string of the molecule is CC(C)Nc1nccn1C1CCC(C)C1C. The van der Waals surface area contributed by atoms with Gasteiger partial charge in [0.25, 0.3) is 0 Å². The first-order valence-corrected chi connectivity index (χ1v) is 6.39. The Morgan fingerprint density at radius 3 is 2.69 bits per heavy atom. The largest absolute Gasteiger partial charge is 0.353 e. The van der Waals surface area contributed by atoms with Gasteiger partial charge in [0, 0.05) is 24.5 Å². The van der Waals surface area contributed by atoms with Crippen molar-refractivity contribution in [3.05, 3.63) is 12.4 Å². The summed E-state index contributed by atoms with van der Waals surface area (Å²) in [6, 6.07) is 1.06. The van der Waals surface area contributed by atoms with Gasteiger partial charge in [-0.25, -0.2) is 4.98 Å². The Balaban J connectivity index is 2.17. The quantitative estimate of drug-likeness (QED) is 0.848. The van der Waals surface area contributed by atoms with E-state index in [9.17, 15) is 0 Å². The predicted molar refractivity (Wildman–Crippen MR) is 67.6 cm³/mol. The maximum Gasteiger partial charge on any atom is 0.203 e.